The molecule has 0 saturated heterocycles. The van der Waals surface area contributed by atoms with Crippen molar-refractivity contribution in [3.05, 3.63) is 65.9 Å². The predicted molar refractivity (Wildman–Crippen MR) is 86.3 cm³/mol. The average Bonchev–Trinajstić information content (AvgIpc) is 2.98. The number of hydrogen-bond donors (Lipinski definition) is 2. The van der Waals surface area contributed by atoms with Crippen LogP contribution in [0.4, 0.5) is 0 Å². The molecule has 0 atom stereocenters. The third-order valence-electron chi connectivity index (χ3n) is 3.49. The van der Waals surface area contributed by atoms with Crippen LogP contribution in [0.3, 0.4) is 0 Å². The van der Waals surface area contributed by atoms with Gasteiger partial charge in [0.2, 0.25) is 0 Å². The van der Waals surface area contributed by atoms with Crippen LogP contribution in [0.2, 0.25) is 0 Å². The number of benzene rings is 2. The first-order valence-electron chi connectivity index (χ1n) is 6.84. The molecule has 0 fully saturated rings. The summed E-state index contributed by atoms with van der Waals surface area (Å²) in [6.45, 7) is 0. The van der Waals surface area contributed by atoms with Crippen molar-refractivity contribution in [3.63, 3.8) is 0 Å². The van der Waals surface area contributed by atoms with Crippen LogP contribution in [0.1, 0.15) is 15.9 Å². The Labute approximate surface area is 127 Å². The van der Waals surface area contributed by atoms with Gasteiger partial charge in [0.25, 0.3) is 0 Å². The van der Waals surface area contributed by atoms with Crippen molar-refractivity contribution in [3.8, 4) is 11.5 Å². The lowest BCUT2D eigenvalue weighted by molar-refractivity contribution is 0.104. The molecule has 0 radical (unpaired) electrons. The molecule has 110 valence electrons. The highest BCUT2D eigenvalue weighted by Gasteiger charge is 2.08. The molecule has 4 nitrogen and oxygen atoms in total. The number of allylic oxidation sites excluding steroid dienone is 1. The number of aromatic amines is 1. The second kappa shape index (κ2) is 5.77. The summed E-state index contributed by atoms with van der Waals surface area (Å²) in [5.41, 5.74) is 2.35. The molecule has 0 saturated carbocycles. The van der Waals surface area contributed by atoms with Crippen LogP contribution in [0.15, 0.2) is 54.7 Å². The van der Waals surface area contributed by atoms with Crippen molar-refractivity contribution in [1.29, 1.82) is 0 Å². The number of phenolic OH excluding ortho intramolecular Hbond substituents is 1. The van der Waals surface area contributed by atoms with E-state index in [1.807, 2.05) is 24.3 Å². The highest BCUT2D eigenvalue weighted by molar-refractivity contribution is 6.14. The number of nitrogens with one attached hydrogen (secondary N) is 1. The zero-order valence-corrected chi connectivity index (χ0v) is 12.0. The number of fused-ring (bicyclic) bond motifs is 1. The topological polar surface area (TPSA) is 62.3 Å². The molecule has 0 amide bonds. The molecule has 1 heterocycles. The molecule has 4 heteroatoms. The fourth-order valence-electron chi connectivity index (χ4n) is 2.33. The molecule has 3 aromatic rings. The molecule has 0 unspecified atom stereocenters. The number of rotatable bonds is 4. The van der Waals surface area contributed by atoms with E-state index in [2.05, 4.69) is 4.98 Å². The zero-order valence-electron chi connectivity index (χ0n) is 12.0. The van der Waals surface area contributed by atoms with Gasteiger partial charge in [-0.05, 0) is 29.8 Å². The van der Waals surface area contributed by atoms with Crippen molar-refractivity contribution >= 4 is 22.8 Å². The quantitative estimate of drug-likeness (QED) is 0.568. The molecular weight excluding hydrogens is 278 g/mol. The number of aromatic nitrogens is 1. The maximum absolute atomic E-state index is 12.3. The Morgan fingerprint density at radius 3 is 2.86 bits per heavy atom. The number of para-hydroxylation sites is 1. The number of hydrogen-bond acceptors (Lipinski definition) is 3. The Morgan fingerprint density at radius 2 is 2.05 bits per heavy atom. The van der Waals surface area contributed by atoms with Crippen LogP contribution < -0.4 is 4.74 Å². The molecule has 3 rings (SSSR count). The minimum atomic E-state index is -0.0792. The van der Waals surface area contributed by atoms with Gasteiger partial charge in [0.15, 0.2) is 17.3 Å². The van der Waals surface area contributed by atoms with Crippen LogP contribution in [-0.2, 0) is 0 Å². The normalized spacial score (nSPS) is 11.1. The lowest BCUT2D eigenvalue weighted by Gasteiger charge is -2.03. The van der Waals surface area contributed by atoms with E-state index in [9.17, 15) is 9.90 Å². The number of aromatic hydroxyl groups is 1. The van der Waals surface area contributed by atoms with E-state index in [-0.39, 0.29) is 11.5 Å². The van der Waals surface area contributed by atoms with Gasteiger partial charge in [-0.3, -0.25) is 4.79 Å². The first-order chi connectivity index (χ1) is 10.7. The maximum atomic E-state index is 12.3. The van der Waals surface area contributed by atoms with E-state index in [0.29, 0.717) is 11.3 Å². The Kier molecular flexibility index (Phi) is 3.66. The third kappa shape index (κ3) is 2.59. The Morgan fingerprint density at radius 1 is 1.23 bits per heavy atom. The van der Waals surface area contributed by atoms with E-state index in [1.54, 1.807) is 24.4 Å². The standard InChI is InChI=1S/C18H15NO3/c1-22-18-10-12(7-9-17(18)21)6-8-16(20)14-11-19-15-5-3-2-4-13(14)15/h2-11,19,21H,1H3/b8-6+. The fraction of sp³-hybridized carbons (Fsp3) is 0.0556. The first-order valence-corrected chi connectivity index (χ1v) is 6.84. The highest BCUT2D eigenvalue weighted by Crippen LogP contribution is 2.27. The number of ether oxygens (including phenoxy) is 1. The van der Waals surface area contributed by atoms with E-state index < -0.39 is 0 Å². The first kappa shape index (κ1) is 13.9. The van der Waals surface area contributed by atoms with Crippen LogP contribution in [0.25, 0.3) is 17.0 Å². The second-order valence-electron chi connectivity index (χ2n) is 4.88. The van der Waals surface area contributed by atoms with Crippen molar-refractivity contribution < 1.29 is 14.6 Å². The molecular formula is C18H15NO3. The van der Waals surface area contributed by atoms with Gasteiger partial charge in [0, 0.05) is 22.7 Å². The van der Waals surface area contributed by atoms with Crippen LogP contribution >= 0.6 is 0 Å². The molecule has 0 spiro atoms. The Balaban J connectivity index is 1.87. The fourth-order valence-corrected chi connectivity index (χ4v) is 2.33. The second-order valence-corrected chi connectivity index (χ2v) is 4.88. The minimum Gasteiger partial charge on any atom is -0.504 e. The van der Waals surface area contributed by atoms with Crippen molar-refractivity contribution in [2.45, 2.75) is 0 Å². The van der Waals surface area contributed by atoms with Crippen molar-refractivity contribution in [2.24, 2.45) is 0 Å². The molecule has 2 N–H and O–H groups in total. The molecule has 0 aliphatic heterocycles. The summed E-state index contributed by atoms with van der Waals surface area (Å²) in [6.07, 6.45) is 4.93. The van der Waals surface area contributed by atoms with Gasteiger partial charge in [-0.2, -0.15) is 0 Å². The van der Waals surface area contributed by atoms with E-state index >= 15 is 0 Å². The number of phenols is 1. The molecule has 1 aromatic heterocycles. The summed E-state index contributed by atoms with van der Waals surface area (Å²) in [4.78, 5) is 15.4. The van der Waals surface area contributed by atoms with E-state index in [4.69, 9.17) is 4.74 Å². The number of H-pyrrole nitrogens is 1. The van der Waals surface area contributed by atoms with Gasteiger partial charge in [-0.15, -0.1) is 0 Å². The van der Waals surface area contributed by atoms with E-state index in [1.165, 1.54) is 19.3 Å². The number of methoxy groups -OCH3 is 1. The molecule has 0 bridgehead atoms. The summed E-state index contributed by atoms with van der Waals surface area (Å²) < 4.78 is 5.05. The molecule has 0 aliphatic carbocycles. The number of carbonyl (C=O) groups excluding carboxylic acids is 1. The van der Waals surface area contributed by atoms with Gasteiger partial charge < -0.3 is 14.8 Å². The molecule has 2 aromatic carbocycles. The van der Waals surface area contributed by atoms with Gasteiger partial charge >= 0.3 is 0 Å². The Hall–Kier alpha value is -3.01. The summed E-state index contributed by atoms with van der Waals surface area (Å²) in [6, 6.07) is 12.6. The molecule has 0 aliphatic rings. The predicted octanol–water partition coefficient (Wildman–Crippen LogP) is 3.78. The van der Waals surface area contributed by atoms with Gasteiger partial charge in [-0.1, -0.05) is 30.3 Å². The lowest BCUT2D eigenvalue weighted by atomic mass is 10.1. The lowest BCUT2D eigenvalue weighted by Crippen LogP contribution is -1.92. The molecule has 22 heavy (non-hydrogen) atoms. The summed E-state index contributed by atoms with van der Waals surface area (Å²) in [7, 11) is 1.49. The van der Waals surface area contributed by atoms with Crippen LogP contribution in [0, 0.1) is 0 Å². The average molecular weight is 293 g/mol. The van der Waals surface area contributed by atoms with Gasteiger partial charge in [0.1, 0.15) is 0 Å². The number of carbonyl (C=O) groups is 1. The minimum absolute atomic E-state index is 0.0719. The monoisotopic (exact) mass is 293 g/mol. The third-order valence-corrected chi connectivity index (χ3v) is 3.49. The SMILES string of the molecule is COc1cc(/C=C/C(=O)c2c[nH]c3ccccc23)ccc1O. The number of ketones is 1. The Bertz CT molecular complexity index is 862. The largest absolute Gasteiger partial charge is 0.504 e. The van der Waals surface area contributed by atoms with Gasteiger partial charge in [0.05, 0.1) is 7.11 Å². The van der Waals surface area contributed by atoms with Crippen LogP contribution in [0.5, 0.6) is 11.5 Å². The van der Waals surface area contributed by atoms with Crippen LogP contribution in [-0.4, -0.2) is 23.0 Å². The van der Waals surface area contributed by atoms with E-state index in [0.717, 1.165) is 16.5 Å². The van der Waals surface area contributed by atoms with Crippen molar-refractivity contribution in [2.75, 3.05) is 7.11 Å². The maximum Gasteiger partial charge on any atom is 0.187 e. The summed E-state index contributed by atoms with van der Waals surface area (Å²) in [5, 5.41) is 10.5. The summed E-state index contributed by atoms with van der Waals surface area (Å²) >= 11 is 0. The summed E-state index contributed by atoms with van der Waals surface area (Å²) in [5.74, 6) is 0.369. The zero-order chi connectivity index (χ0) is 15.5. The van der Waals surface area contributed by atoms with Gasteiger partial charge in [-0.25, -0.2) is 0 Å². The van der Waals surface area contributed by atoms with Crippen molar-refractivity contribution in [1.82, 2.24) is 4.98 Å². The highest BCUT2D eigenvalue weighted by atomic mass is 16.5. The smallest absolute Gasteiger partial charge is 0.187 e.